The highest BCUT2D eigenvalue weighted by molar-refractivity contribution is 5.87. The summed E-state index contributed by atoms with van der Waals surface area (Å²) in [4.78, 5) is 24.2. The highest BCUT2D eigenvalue weighted by atomic mass is 16.5. The predicted octanol–water partition coefficient (Wildman–Crippen LogP) is 3.81. The minimum atomic E-state index is -0.323. The maximum Gasteiger partial charge on any atom is 0.333 e. The van der Waals surface area contributed by atoms with Crippen molar-refractivity contribution in [1.29, 1.82) is 0 Å². The van der Waals surface area contributed by atoms with E-state index in [1.165, 1.54) is 0 Å². The van der Waals surface area contributed by atoms with Crippen LogP contribution in [0.3, 0.4) is 0 Å². The smallest absolute Gasteiger partial charge is 0.333 e. The number of fused-ring (bicyclic) bond motifs is 2. The van der Waals surface area contributed by atoms with Crippen molar-refractivity contribution in [2.45, 2.75) is 52.9 Å². The summed E-state index contributed by atoms with van der Waals surface area (Å²) < 4.78 is 10.3. The summed E-state index contributed by atoms with van der Waals surface area (Å²) in [6, 6.07) is 0. The number of hydrogen-bond acceptors (Lipinski definition) is 4. The second-order valence-electron chi connectivity index (χ2n) is 7.30. The third kappa shape index (κ3) is 4.04. The van der Waals surface area contributed by atoms with Crippen molar-refractivity contribution in [2.75, 3.05) is 13.2 Å². The molecule has 0 aliphatic heterocycles. The van der Waals surface area contributed by atoms with Gasteiger partial charge in [0, 0.05) is 5.57 Å². The van der Waals surface area contributed by atoms with E-state index in [4.69, 9.17) is 9.47 Å². The first kappa shape index (κ1) is 17.8. The lowest BCUT2D eigenvalue weighted by molar-refractivity contribution is -0.153. The first-order valence-corrected chi connectivity index (χ1v) is 8.52. The molecular formula is C19H28O4. The Balaban J connectivity index is 2.18. The van der Waals surface area contributed by atoms with E-state index < -0.39 is 0 Å². The summed E-state index contributed by atoms with van der Waals surface area (Å²) in [5.41, 5.74) is 0.403. The number of hydrogen-bond donors (Lipinski definition) is 0. The van der Waals surface area contributed by atoms with E-state index in [9.17, 15) is 9.59 Å². The van der Waals surface area contributed by atoms with Crippen LogP contribution < -0.4 is 0 Å². The number of carbonyl (C=O) groups excluding carboxylic acids is 2. The Kier molecular flexibility index (Phi) is 5.33. The highest BCUT2D eigenvalue weighted by Gasteiger charge is 2.49. The molecule has 128 valence electrons. The molecule has 0 aromatic rings. The highest BCUT2D eigenvalue weighted by Crippen LogP contribution is 2.57. The van der Waals surface area contributed by atoms with E-state index >= 15 is 0 Å². The standard InChI is InChI=1S/C19H28O4/c1-5-22-16(20)14(3)10-19-9-7-8-18(4,13-19)11-15(12-19)17(21)23-6-2/h7-8,15H,3,5-6,9-13H2,1-2,4H3/t15-,18-,19-/m1/s1. The van der Waals surface area contributed by atoms with Crippen molar-refractivity contribution in [3.8, 4) is 0 Å². The van der Waals surface area contributed by atoms with E-state index in [1.807, 2.05) is 6.92 Å². The SMILES string of the molecule is C=C(C[C@]12CC=C[C@](C)(C[C@@H](C(=O)OCC)C1)C2)C(=O)OCC. The van der Waals surface area contributed by atoms with E-state index in [2.05, 4.69) is 25.7 Å². The van der Waals surface area contributed by atoms with E-state index in [0.29, 0.717) is 25.2 Å². The predicted molar refractivity (Wildman–Crippen MR) is 88.7 cm³/mol. The van der Waals surface area contributed by atoms with Gasteiger partial charge in [-0.2, -0.15) is 0 Å². The number of rotatable bonds is 6. The minimum absolute atomic E-state index is 0.0110. The molecule has 0 aromatic heterocycles. The van der Waals surface area contributed by atoms with Crippen LogP contribution in [0.25, 0.3) is 0 Å². The molecular weight excluding hydrogens is 292 g/mol. The molecule has 1 saturated carbocycles. The third-order valence-electron chi connectivity index (χ3n) is 5.01. The molecule has 0 saturated heterocycles. The summed E-state index contributed by atoms with van der Waals surface area (Å²) >= 11 is 0. The van der Waals surface area contributed by atoms with E-state index in [-0.39, 0.29) is 28.7 Å². The fourth-order valence-corrected chi connectivity index (χ4v) is 4.43. The van der Waals surface area contributed by atoms with Gasteiger partial charge in [-0.3, -0.25) is 4.79 Å². The lowest BCUT2D eigenvalue weighted by Crippen LogP contribution is -2.43. The van der Waals surface area contributed by atoms with Crippen molar-refractivity contribution in [2.24, 2.45) is 16.7 Å². The fraction of sp³-hybridized carbons (Fsp3) is 0.684. The summed E-state index contributed by atoms with van der Waals surface area (Å²) in [6.45, 7) is 10.5. The number of esters is 2. The Morgan fingerprint density at radius 3 is 2.57 bits per heavy atom. The van der Waals surface area contributed by atoms with Gasteiger partial charge in [0.15, 0.2) is 0 Å². The molecule has 2 bridgehead atoms. The molecule has 23 heavy (non-hydrogen) atoms. The Hall–Kier alpha value is -1.58. The molecule has 0 amide bonds. The van der Waals surface area contributed by atoms with Gasteiger partial charge in [0.1, 0.15) is 0 Å². The van der Waals surface area contributed by atoms with Crippen LogP contribution in [0.1, 0.15) is 52.9 Å². The van der Waals surface area contributed by atoms with Crippen LogP contribution in [0.2, 0.25) is 0 Å². The normalized spacial score (nSPS) is 32.2. The maximum atomic E-state index is 12.3. The van der Waals surface area contributed by atoms with Crippen LogP contribution in [0.4, 0.5) is 0 Å². The molecule has 2 rings (SSSR count). The summed E-state index contributed by atoms with van der Waals surface area (Å²) in [5, 5.41) is 0. The van der Waals surface area contributed by atoms with E-state index in [1.54, 1.807) is 6.92 Å². The van der Waals surface area contributed by atoms with Crippen LogP contribution in [-0.2, 0) is 19.1 Å². The van der Waals surface area contributed by atoms with Gasteiger partial charge in [-0.15, -0.1) is 0 Å². The van der Waals surface area contributed by atoms with Gasteiger partial charge in [0.2, 0.25) is 0 Å². The molecule has 0 unspecified atom stereocenters. The van der Waals surface area contributed by atoms with Crippen molar-refractivity contribution in [1.82, 2.24) is 0 Å². The van der Waals surface area contributed by atoms with Crippen molar-refractivity contribution >= 4 is 11.9 Å². The van der Waals surface area contributed by atoms with Gasteiger partial charge in [-0.25, -0.2) is 4.79 Å². The molecule has 2 aliphatic rings. The summed E-state index contributed by atoms with van der Waals surface area (Å²) in [6.07, 6.45) is 8.43. The third-order valence-corrected chi connectivity index (χ3v) is 5.01. The largest absolute Gasteiger partial charge is 0.466 e. The van der Waals surface area contributed by atoms with Crippen molar-refractivity contribution in [3.05, 3.63) is 24.3 Å². The maximum absolute atomic E-state index is 12.3. The van der Waals surface area contributed by atoms with Gasteiger partial charge in [0.05, 0.1) is 19.1 Å². The van der Waals surface area contributed by atoms with Crippen LogP contribution in [0, 0.1) is 16.7 Å². The van der Waals surface area contributed by atoms with Gasteiger partial charge in [-0.1, -0.05) is 25.7 Å². The number of carbonyl (C=O) groups is 2. The molecule has 0 N–H and O–H groups in total. The first-order valence-electron chi connectivity index (χ1n) is 8.52. The fourth-order valence-electron chi connectivity index (χ4n) is 4.43. The molecule has 1 fully saturated rings. The minimum Gasteiger partial charge on any atom is -0.466 e. The molecule has 3 atom stereocenters. The Morgan fingerprint density at radius 1 is 1.22 bits per heavy atom. The molecule has 0 aromatic carbocycles. The molecule has 2 aliphatic carbocycles. The van der Waals surface area contributed by atoms with Crippen molar-refractivity contribution < 1.29 is 19.1 Å². The lowest BCUT2D eigenvalue weighted by Gasteiger charge is -2.50. The van der Waals surface area contributed by atoms with Gasteiger partial charge >= 0.3 is 11.9 Å². The van der Waals surface area contributed by atoms with Gasteiger partial charge < -0.3 is 9.47 Å². The summed E-state index contributed by atoms with van der Waals surface area (Å²) in [7, 11) is 0. The number of allylic oxidation sites excluding steroid dienone is 2. The average Bonchev–Trinajstić information content (AvgIpc) is 2.46. The van der Waals surface area contributed by atoms with Gasteiger partial charge in [0.25, 0.3) is 0 Å². The Morgan fingerprint density at radius 2 is 1.91 bits per heavy atom. The topological polar surface area (TPSA) is 52.6 Å². The first-order chi connectivity index (χ1) is 10.8. The quantitative estimate of drug-likeness (QED) is 0.424. The van der Waals surface area contributed by atoms with Crippen LogP contribution >= 0.6 is 0 Å². The zero-order chi connectivity index (χ0) is 17.1. The summed E-state index contributed by atoms with van der Waals surface area (Å²) in [5.74, 6) is -0.537. The Labute approximate surface area is 138 Å². The molecule has 4 heteroatoms. The monoisotopic (exact) mass is 320 g/mol. The second kappa shape index (κ2) is 6.90. The average molecular weight is 320 g/mol. The van der Waals surface area contributed by atoms with Gasteiger partial charge in [-0.05, 0) is 56.8 Å². The zero-order valence-electron chi connectivity index (χ0n) is 14.5. The molecule has 0 heterocycles. The number of ether oxygens (including phenoxy) is 2. The van der Waals surface area contributed by atoms with Crippen LogP contribution in [0.15, 0.2) is 24.3 Å². The lowest BCUT2D eigenvalue weighted by atomic mass is 9.54. The molecule has 0 spiro atoms. The van der Waals surface area contributed by atoms with E-state index in [0.717, 1.165) is 25.7 Å². The molecule has 0 radical (unpaired) electrons. The van der Waals surface area contributed by atoms with Crippen LogP contribution in [-0.4, -0.2) is 25.2 Å². The van der Waals surface area contributed by atoms with Crippen LogP contribution in [0.5, 0.6) is 0 Å². The molecule has 4 nitrogen and oxygen atoms in total. The zero-order valence-corrected chi connectivity index (χ0v) is 14.5. The second-order valence-corrected chi connectivity index (χ2v) is 7.30. The van der Waals surface area contributed by atoms with Crippen molar-refractivity contribution in [3.63, 3.8) is 0 Å². The Bertz CT molecular complexity index is 521.